The van der Waals surface area contributed by atoms with Crippen LogP contribution in [0.15, 0.2) is 48.7 Å². The Morgan fingerprint density at radius 3 is 2.57 bits per heavy atom. The quantitative estimate of drug-likeness (QED) is 0.592. The first-order valence-corrected chi connectivity index (χ1v) is 9.50. The number of aromatic nitrogens is 3. The zero-order chi connectivity index (χ0) is 19.9. The van der Waals surface area contributed by atoms with Gasteiger partial charge in [-0.15, -0.1) is 5.10 Å². The number of hydrogen-bond donors (Lipinski definition) is 2. The van der Waals surface area contributed by atoms with Crippen molar-refractivity contribution < 1.29 is 4.74 Å². The van der Waals surface area contributed by atoms with Crippen molar-refractivity contribution in [2.75, 3.05) is 24.3 Å². The molecule has 3 aromatic rings. The molecule has 0 fully saturated rings. The van der Waals surface area contributed by atoms with E-state index in [0.29, 0.717) is 17.7 Å². The summed E-state index contributed by atoms with van der Waals surface area (Å²) in [6, 6.07) is 14.4. The molecule has 0 aliphatic heterocycles. The van der Waals surface area contributed by atoms with E-state index in [1.807, 2.05) is 12.1 Å². The number of benzene rings is 2. The molecule has 0 atom stereocenters. The Morgan fingerprint density at radius 1 is 1.07 bits per heavy atom. The topological polar surface area (TPSA) is 72.0 Å². The maximum Gasteiger partial charge on any atom is 0.249 e. The van der Waals surface area contributed by atoms with Crippen molar-refractivity contribution in [1.29, 1.82) is 0 Å². The summed E-state index contributed by atoms with van der Waals surface area (Å²) in [6.45, 7) is 7.19. The van der Waals surface area contributed by atoms with Gasteiger partial charge in [0.05, 0.1) is 13.3 Å². The maximum absolute atomic E-state index is 5.19. The SMILES string of the molecule is COc1ccc(CCNc2cnnc(Nc3c(C)cccc3C(C)C)n2)cc1. The number of anilines is 3. The number of nitrogens with one attached hydrogen (secondary N) is 2. The van der Waals surface area contributed by atoms with E-state index in [9.17, 15) is 0 Å². The summed E-state index contributed by atoms with van der Waals surface area (Å²) in [5.41, 5.74) is 4.68. The Bertz CT molecular complexity index is 909. The van der Waals surface area contributed by atoms with E-state index in [4.69, 9.17) is 4.74 Å². The zero-order valence-corrected chi connectivity index (χ0v) is 16.9. The first-order valence-electron chi connectivity index (χ1n) is 9.50. The van der Waals surface area contributed by atoms with Crippen LogP contribution in [0.2, 0.25) is 0 Å². The number of hydrogen-bond acceptors (Lipinski definition) is 6. The molecule has 0 unspecified atom stereocenters. The highest BCUT2D eigenvalue weighted by Crippen LogP contribution is 2.29. The number of nitrogens with zero attached hydrogens (tertiary/aromatic N) is 3. The van der Waals surface area contributed by atoms with E-state index in [1.54, 1.807) is 13.3 Å². The summed E-state index contributed by atoms with van der Waals surface area (Å²) in [5.74, 6) is 2.46. The van der Waals surface area contributed by atoms with Crippen LogP contribution in [0.5, 0.6) is 5.75 Å². The molecule has 0 saturated carbocycles. The molecule has 0 aliphatic rings. The Labute approximate surface area is 166 Å². The second-order valence-corrected chi connectivity index (χ2v) is 7.01. The number of para-hydroxylation sites is 1. The van der Waals surface area contributed by atoms with Crippen LogP contribution in [0.1, 0.15) is 36.5 Å². The van der Waals surface area contributed by atoms with Gasteiger partial charge in [0.2, 0.25) is 5.95 Å². The molecule has 1 heterocycles. The van der Waals surface area contributed by atoms with Crippen molar-refractivity contribution in [3.8, 4) is 5.75 Å². The fourth-order valence-electron chi connectivity index (χ4n) is 3.02. The van der Waals surface area contributed by atoms with E-state index >= 15 is 0 Å². The van der Waals surface area contributed by atoms with E-state index in [0.717, 1.165) is 30.0 Å². The molecule has 146 valence electrons. The van der Waals surface area contributed by atoms with Gasteiger partial charge in [0.1, 0.15) is 5.75 Å². The number of ether oxygens (including phenoxy) is 1. The lowest BCUT2D eigenvalue weighted by atomic mass is 9.98. The van der Waals surface area contributed by atoms with Crippen LogP contribution >= 0.6 is 0 Å². The van der Waals surface area contributed by atoms with Crippen LogP contribution < -0.4 is 15.4 Å². The van der Waals surface area contributed by atoms with Gasteiger partial charge in [-0.2, -0.15) is 10.1 Å². The van der Waals surface area contributed by atoms with E-state index in [2.05, 4.69) is 76.9 Å². The molecule has 6 nitrogen and oxygen atoms in total. The van der Waals surface area contributed by atoms with Crippen LogP contribution in [0.3, 0.4) is 0 Å². The van der Waals surface area contributed by atoms with Crippen molar-refractivity contribution in [3.05, 3.63) is 65.4 Å². The molecular weight excluding hydrogens is 350 g/mol. The second-order valence-electron chi connectivity index (χ2n) is 7.01. The molecule has 3 rings (SSSR count). The van der Waals surface area contributed by atoms with Gasteiger partial charge in [-0.3, -0.25) is 0 Å². The Morgan fingerprint density at radius 2 is 1.86 bits per heavy atom. The number of aryl methyl sites for hydroxylation is 1. The molecule has 0 radical (unpaired) electrons. The standard InChI is InChI=1S/C22H27N5O/c1-15(2)19-7-5-6-16(3)21(19)26-22-25-20(14-24-27-22)23-13-12-17-8-10-18(28-4)11-9-17/h5-11,14-15H,12-13H2,1-4H3,(H2,23,25,26,27). The predicted octanol–water partition coefficient (Wildman–Crippen LogP) is 4.71. The van der Waals surface area contributed by atoms with E-state index in [1.165, 1.54) is 11.1 Å². The third kappa shape index (κ3) is 4.97. The van der Waals surface area contributed by atoms with Crippen LogP contribution in [-0.4, -0.2) is 28.8 Å². The summed E-state index contributed by atoms with van der Waals surface area (Å²) < 4.78 is 5.19. The van der Waals surface area contributed by atoms with Gasteiger partial charge in [-0.05, 0) is 48.1 Å². The largest absolute Gasteiger partial charge is 0.497 e. The zero-order valence-electron chi connectivity index (χ0n) is 16.9. The van der Waals surface area contributed by atoms with E-state index in [-0.39, 0.29) is 0 Å². The van der Waals surface area contributed by atoms with Crippen molar-refractivity contribution >= 4 is 17.5 Å². The van der Waals surface area contributed by atoms with Gasteiger partial charge in [0.15, 0.2) is 5.82 Å². The average Bonchev–Trinajstić information content (AvgIpc) is 2.70. The normalized spacial score (nSPS) is 10.8. The van der Waals surface area contributed by atoms with Crippen LogP contribution in [0.4, 0.5) is 17.5 Å². The lowest BCUT2D eigenvalue weighted by Crippen LogP contribution is -2.09. The molecule has 6 heteroatoms. The van der Waals surface area contributed by atoms with Crippen molar-refractivity contribution in [2.24, 2.45) is 0 Å². The van der Waals surface area contributed by atoms with Crippen LogP contribution in [0.25, 0.3) is 0 Å². The molecule has 0 spiro atoms. The highest BCUT2D eigenvalue weighted by atomic mass is 16.5. The third-order valence-corrected chi connectivity index (χ3v) is 4.60. The van der Waals surface area contributed by atoms with Crippen molar-refractivity contribution in [2.45, 2.75) is 33.1 Å². The predicted molar refractivity (Wildman–Crippen MR) is 114 cm³/mol. The highest BCUT2D eigenvalue weighted by molar-refractivity contribution is 5.64. The van der Waals surface area contributed by atoms with Crippen molar-refractivity contribution in [1.82, 2.24) is 15.2 Å². The van der Waals surface area contributed by atoms with E-state index < -0.39 is 0 Å². The van der Waals surface area contributed by atoms with Gasteiger partial charge in [-0.25, -0.2) is 0 Å². The summed E-state index contributed by atoms with van der Waals surface area (Å²) in [4.78, 5) is 4.55. The number of rotatable bonds is 8. The summed E-state index contributed by atoms with van der Waals surface area (Å²) in [5, 5.41) is 14.9. The summed E-state index contributed by atoms with van der Waals surface area (Å²) in [7, 11) is 1.67. The summed E-state index contributed by atoms with van der Waals surface area (Å²) in [6.07, 6.45) is 2.52. The van der Waals surface area contributed by atoms with Gasteiger partial charge < -0.3 is 15.4 Å². The van der Waals surface area contributed by atoms with Gasteiger partial charge >= 0.3 is 0 Å². The van der Waals surface area contributed by atoms with Gasteiger partial charge in [-0.1, -0.05) is 44.2 Å². The second kappa shape index (κ2) is 9.17. The number of methoxy groups -OCH3 is 1. The monoisotopic (exact) mass is 377 g/mol. The van der Waals surface area contributed by atoms with Crippen LogP contribution in [0, 0.1) is 6.92 Å². The first-order chi connectivity index (χ1) is 13.6. The summed E-state index contributed by atoms with van der Waals surface area (Å²) >= 11 is 0. The van der Waals surface area contributed by atoms with Crippen LogP contribution in [-0.2, 0) is 6.42 Å². The fraction of sp³-hybridized carbons (Fsp3) is 0.318. The Kier molecular flexibility index (Phi) is 6.42. The minimum atomic E-state index is 0.404. The molecule has 0 saturated heterocycles. The molecular formula is C22H27N5O. The first kappa shape index (κ1) is 19.6. The molecule has 1 aromatic heterocycles. The maximum atomic E-state index is 5.19. The minimum Gasteiger partial charge on any atom is -0.497 e. The van der Waals surface area contributed by atoms with Crippen molar-refractivity contribution in [3.63, 3.8) is 0 Å². The minimum absolute atomic E-state index is 0.404. The van der Waals surface area contributed by atoms with Gasteiger partial charge in [0.25, 0.3) is 0 Å². The lowest BCUT2D eigenvalue weighted by molar-refractivity contribution is 0.414. The molecule has 0 aliphatic carbocycles. The molecule has 28 heavy (non-hydrogen) atoms. The molecule has 2 aromatic carbocycles. The fourth-order valence-corrected chi connectivity index (χ4v) is 3.02. The van der Waals surface area contributed by atoms with Gasteiger partial charge in [0, 0.05) is 12.2 Å². The lowest BCUT2D eigenvalue weighted by Gasteiger charge is -2.16. The molecule has 0 amide bonds. The Hall–Kier alpha value is -3.15. The third-order valence-electron chi connectivity index (χ3n) is 4.60. The molecule has 0 bridgehead atoms. The highest BCUT2D eigenvalue weighted by Gasteiger charge is 2.11. The smallest absolute Gasteiger partial charge is 0.249 e. The molecule has 2 N–H and O–H groups in total. The average molecular weight is 377 g/mol. The Balaban J connectivity index is 1.64.